The zero-order valence-electron chi connectivity index (χ0n) is 22.3. The second kappa shape index (κ2) is 27.1. The fraction of sp³-hybridized carbons (Fsp3) is 0.867. The van der Waals surface area contributed by atoms with E-state index in [2.05, 4.69) is 19.9 Å². The lowest BCUT2D eigenvalue weighted by Crippen LogP contribution is -2.04. The van der Waals surface area contributed by atoms with E-state index in [1.54, 1.807) is 0 Å². The number of hydrogen-bond donors (Lipinski definition) is 0. The minimum absolute atomic E-state index is 0.0623. The molecule has 33 heavy (non-hydrogen) atoms. The quantitative estimate of drug-likeness (QED) is 0.0554. The van der Waals surface area contributed by atoms with Gasteiger partial charge in [-0.05, 0) is 25.2 Å². The summed E-state index contributed by atoms with van der Waals surface area (Å²) in [7, 11) is 0. The van der Waals surface area contributed by atoms with Gasteiger partial charge in [0.15, 0.2) is 0 Å². The maximum atomic E-state index is 11.8. The molecule has 0 aliphatic rings. The fourth-order valence-electron chi connectivity index (χ4n) is 4.40. The molecule has 194 valence electrons. The van der Waals surface area contributed by atoms with Gasteiger partial charge in [-0.2, -0.15) is 0 Å². The van der Waals surface area contributed by atoms with E-state index in [-0.39, 0.29) is 5.97 Å². The van der Waals surface area contributed by atoms with Crippen molar-refractivity contribution in [2.75, 3.05) is 6.61 Å². The van der Waals surface area contributed by atoms with Crippen molar-refractivity contribution in [2.24, 2.45) is 5.92 Å². The van der Waals surface area contributed by atoms with Gasteiger partial charge in [0.1, 0.15) is 12.9 Å². The van der Waals surface area contributed by atoms with Crippen molar-refractivity contribution in [2.45, 2.75) is 155 Å². The first-order valence-corrected chi connectivity index (χ1v) is 14.5. The molecule has 0 aliphatic carbocycles. The number of carbonyl (C=O) groups is 2. The van der Waals surface area contributed by atoms with Crippen LogP contribution in [0.25, 0.3) is 0 Å². The monoisotopic (exact) mass is 464 g/mol. The number of aldehydes is 1. The van der Waals surface area contributed by atoms with Gasteiger partial charge in [0.05, 0.1) is 0 Å². The Balaban J connectivity index is 3.52. The highest BCUT2D eigenvalue weighted by Crippen LogP contribution is 2.21. The topological polar surface area (TPSA) is 43.4 Å². The predicted molar refractivity (Wildman–Crippen MR) is 143 cm³/mol. The highest BCUT2D eigenvalue weighted by molar-refractivity contribution is 5.69. The van der Waals surface area contributed by atoms with E-state index in [1.165, 1.54) is 109 Å². The van der Waals surface area contributed by atoms with E-state index in [0.717, 1.165) is 32.0 Å². The first-order chi connectivity index (χ1) is 16.2. The van der Waals surface area contributed by atoms with E-state index in [4.69, 9.17) is 4.74 Å². The van der Waals surface area contributed by atoms with Gasteiger partial charge < -0.3 is 9.53 Å². The van der Waals surface area contributed by atoms with Crippen molar-refractivity contribution >= 4 is 12.3 Å². The Morgan fingerprint density at radius 3 is 1.76 bits per heavy atom. The molecule has 0 spiro atoms. The molecule has 0 rings (SSSR count). The lowest BCUT2D eigenvalue weighted by Gasteiger charge is -2.14. The summed E-state index contributed by atoms with van der Waals surface area (Å²) in [6, 6.07) is 0. The van der Waals surface area contributed by atoms with E-state index < -0.39 is 0 Å². The molecule has 0 radical (unpaired) electrons. The minimum Gasteiger partial charge on any atom is -0.461 e. The molecule has 0 amide bonds. The Labute approximate surface area is 206 Å². The molecule has 0 fully saturated rings. The standard InChI is InChI=1S/C30H56O3/c1-3-5-7-9-11-15-19-23-29(26-27-31)24-20-16-12-13-17-21-25-30(32)33-28-22-18-14-10-8-6-4-2/h18,22,27,29H,3-17,19-21,23-26,28H2,1-2H3. The first-order valence-electron chi connectivity index (χ1n) is 14.5. The van der Waals surface area contributed by atoms with Crippen LogP contribution < -0.4 is 0 Å². The van der Waals surface area contributed by atoms with Crippen LogP contribution in [0.15, 0.2) is 12.2 Å². The molecule has 0 N–H and O–H groups in total. The average molecular weight is 465 g/mol. The van der Waals surface area contributed by atoms with Crippen molar-refractivity contribution in [3.63, 3.8) is 0 Å². The third kappa shape index (κ3) is 25.3. The number of allylic oxidation sites excluding steroid dienone is 1. The largest absolute Gasteiger partial charge is 0.461 e. The number of hydrogen-bond acceptors (Lipinski definition) is 3. The van der Waals surface area contributed by atoms with Crippen molar-refractivity contribution in [3.8, 4) is 0 Å². The Hall–Kier alpha value is -1.12. The molecule has 1 atom stereocenters. The van der Waals surface area contributed by atoms with Crippen LogP contribution >= 0.6 is 0 Å². The van der Waals surface area contributed by atoms with E-state index in [0.29, 0.717) is 18.9 Å². The third-order valence-corrected chi connectivity index (χ3v) is 6.62. The van der Waals surface area contributed by atoms with Crippen LogP contribution in [0, 0.1) is 5.92 Å². The summed E-state index contributed by atoms with van der Waals surface area (Å²) in [5.74, 6) is 0.533. The molecular weight excluding hydrogens is 408 g/mol. The summed E-state index contributed by atoms with van der Waals surface area (Å²) in [4.78, 5) is 22.8. The number of ether oxygens (including phenoxy) is 1. The van der Waals surface area contributed by atoms with Crippen LogP contribution in [-0.4, -0.2) is 18.9 Å². The van der Waals surface area contributed by atoms with E-state index in [1.807, 2.05) is 6.08 Å². The van der Waals surface area contributed by atoms with Crippen LogP contribution in [0.2, 0.25) is 0 Å². The molecule has 0 bridgehead atoms. The van der Waals surface area contributed by atoms with Crippen LogP contribution in [0.1, 0.15) is 155 Å². The molecule has 0 aromatic carbocycles. The van der Waals surface area contributed by atoms with Crippen LogP contribution in [0.3, 0.4) is 0 Å². The summed E-state index contributed by atoms with van der Waals surface area (Å²) in [6.45, 7) is 4.91. The van der Waals surface area contributed by atoms with Gasteiger partial charge in [-0.15, -0.1) is 0 Å². The Bertz CT molecular complexity index is 444. The molecule has 0 saturated heterocycles. The highest BCUT2D eigenvalue weighted by Gasteiger charge is 2.08. The molecule has 0 aromatic heterocycles. The zero-order chi connectivity index (χ0) is 24.2. The van der Waals surface area contributed by atoms with Gasteiger partial charge in [0.25, 0.3) is 0 Å². The van der Waals surface area contributed by atoms with Gasteiger partial charge in [-0.25, -0.2) is 0 Å². The average Bonchev–Trinajstić information content (AvgIpc) is 2.81. The maximum Gasteiger partial charge on any atom is 0.306 e. The maximum absolute atomic E-state index is 11.8. The van der Waals surface area contributed by atoms with Crippen molar-refractivity contribution in [1.82, 2.24) is 0 Å². The van der Waals surface area contributed by atoms with Crippen LogP contribution in [-0.2, 0) is 14.3 Å². The van der Waals surface area contributed by atoms with Crippen molar-refractivity contribution in [1.29, 1.82) is 0 Å². The summed E-state index contributed by atoms with van der Waals surface area (Å²) in [6.07, 6.45) is 31.5. The van der Waals surface area contributed by atoms with Gasteiger partial charge >= 0.3 is 5.97 Å². The Kier molecular flexibility index (Phi) is 26.2. The number of rotatable bonds is 26. The lowest BCUT2D eigenvalue weighted by atomic mass is 9.92. The summed E-state index contributed by atoms with van der Waals surface area (Å²) >= 11 is 0. The summed E-state index contributed by atoms with van der Waals surface area (Å²) in [5, 5.41) is 0. The molecule has 0 aliphatic heterocycles. The number of carbonyl (C=O) groups excluding carboxylic acids is 2. The smallest absolute Gasteiger partial charge is 0.306 e. The predicted octanol–water partition coefficient (Wildman–Crippen LogP) is 9.52. The molecular formula is C30H56O3. The summed E-state index contributed by atoms with van der Waals surface area (Å²) in [5.41, 5.74) is 0. The molecule has 0 aromatic rings. The number of esters is 1. The SMILES string of the molecule is CCCCCCC=CCOC(=O)CCCCCCCCC(CC=O)CCCCCCCCC. The van der Waals surface area contributed by atoms with Gasteiger partial charge in [0, 0.05) is 12.8 Å². The molecule has 1 unspecified atom stereocenters. The van der Waals surface area contributed by atoms with Crippen LogP contribution in [0.4, 0.5) is 0 Å². The van der Waals surface area contributed by atoms with Gasteiger partial charge in [-0.1, -0.05) is 135 Å². The normalized spacial score (nSPS) is 12.3. The molecule has 3 nitrogen and oxygen atoms in total. The molecule has 0 saturated carbocycles. The zero-order valence-corrected chi connectivity index (χ0v) is 22.3. The second-order valence-electron chi connectivity index (χ2n) is 9.84. The Morgan fingerprint density at radius 2 is 1.18 bits per heavy atom. The fourth-order valence-corrected chi connectivity index (χ4v) is 4.40. The second-order valence-corrected chi connectivity index (χ2v) is 9.84. The first kappa shape index (κ1) is 31.9. The van der Waals surface area contributed by atoms with Crippen LogP contribution in [0.5, 0.6) is 0 Å². The van der Waals surface area contributed by atoms with Crippen molar-refractivity contribution < 1.29 is 14.3 Å². The minimum atomic E-state index is -0.0623. The number of unbranched alkanes of at least 4 members (excludes halogenated alkanes) is 15. The third-order valence-electron chi connectivity index (χ3n) is 6.62. The van der Waals surface area contributed by atoms with E-state index >= 15 is 0 Å². The Morgan fingerprint density at radius 1 is 0.667 bits per heavy atom. The van der Waals surface area contributed by atoms with Crippen molar-refractivity contribution in [3.05, 3.63) is 12.2 Å². The van der Waals surface area contributed by atoms with Gasteiger partial charge in [0.2, 0.25) is 0 Å². The lowest BCUT2D eigenvalue weighted by molar-refractivity contribution is -0.142. The highest BCUT2D eigenvalue weighted by atomic mass is 16.5. The molecule has 0 heterocycles. The summed E-state index contributed by atoms with van der Waals surface area (Å²) < 4.78 is 5.27. The van der Waals surface area contributed by atoms with E-state index in [9.17, 15) is 9.59 Å². The van der Waals surface area contributed by atoms with Gasteiger partial charge in [-0.3, -0.25) is 4.79 Å². The molecule has 3 heteroatoms.